The van der Waals surface area contributed by atoms with Gasteiger partial charge in [0, 0.05) is 26.2 Å². The molecule has 144 valence electrons. The van der Waals surface area contributed by atoms with Gasteiger partial charge in [-0.25, -0.2) is 13.4 Å². The summed E-state index contributed by atoms with van der Waals surface area (Å²) in [5, 5.41) is 0.135. The van der Waals surface area contributed by atoms with E-state index in [1.165, 1.54) is 0 Å². The molecule has 6 nitrogen and oxygen atoms in total. The van der Waals surface area contributed by atoms with Crippen LogP contribution in [0.2, 0.25) is 0 Å². The van der Waals surface area contributed by atoms with Gasteiger partial charge in [-0.3, -0.25) is 4.90 Å². The maximum atomic E-state index is 12.9. The summed E-state index contributed by atoms with van der Waals surface area (Å²) in [6, 6.07) is 0. The van der Waals surface area contributed by atoms with Crippen LogP contribution in [0.25, 0.3) is 0 Å². The zero-order valence-corrected chi connectivity index (χ0v) is 16.5. The molecule has 0 N–H and O–H groups in total. The fourth-order valence-corrected chi connectivity index (χ4v) is 4.79. The van der Waals surface area contributed by atoms with E-state index >= 15 is 0 Å². The summed E-state index contributed by atoms with van der Waals surface area (Å²) in [7, 11) is -3.51. The van der Waals surface area contributed by atoms with Crippen LogP contribution < -0.4 is 0 Å². The van der Waals surface area contributed by atoms with Crippen molar-refractivity contribution in [3.63, 3.8) is 0 Å². The van der Waals surface area contributed by atoms with Crippen LogP contribution in [0.4, 0.5) is 0 Å². The molecule has 1 aromatic heterocycles. The van der Waals surface area contributed by atoms with Gasteiger partial charge in [0.1, 0.15) is 0 Å². The Labute approximate surface area is 157 Å². The zero-order valence-electron chi connectivity index (χ0n) is 15.7. The van der Waals surface area contributed by atoms with Crippen molar-refractivity contribution in [1.82, 2.24) is 14.5 Å². The smallest absolute Gasteiger partial charge is 0.227 e. The van der Waals surface area contributed by atoms with Gasteiger partial charge >= 0.3 is 0 Å². The van der Waals surface area contributed by atoms with E-state index in [0.717, 1.165) is 18.5 Å². The summed E-state index contributed by atoms with van der Waals surface area (Å²) >= 11 is 0. The number of terminal acetylenes is 1. The molecule has 1 aliphatic heterocycles. The van der Waals surface area contributed by atoms with Crippen molar-refractivity contribution in [2.75, 3.05) is 25.4 Å². The van der Waals surface area contributed by atoms with E-state index < -0.39 is 9.84 Å². The first-order valence-electron chi connectivity index (χ1n) is 9.02. The van der Waals surface area contributed by atoms with Crippen molar-refractivity contribution >= 4 is 9.84 Å². The Hall–Kier alpha value is -1.62. The van der Waals surface area contributed by atoms with Gasteiger partial charge in [0.2, 0.25) is 15.0 Å². The Balaban J connectivity index is 2.29. The molecule has 0 aromatic carbocycles. The van der Waals surface area contributed by atoms with Crippen LogP contribution in [-0.2, 0) is 27.7 Å². The van der Waals surface area contributed by atoms with Crippen LogP contribution in [0.3, 0.4) is 0 Å². The maximum Gasteiger partial charge on any atom is 0.227 e. The van der Waals surface area contributed by atoms with Crippen LogP contribution in [-0.4, -0.2) is 54.4 Å². The minimum absolute atomic E-state index is 0.0116. The first-order valence-corrected chi connectivity index (χ1v) is 10.7. The number of aromatic nitrogens is 2. The molecule has 0 spiro atoms. The fourth-order valence-electron chi connectivity index (χ4n) is 3.15. The largest absolute Gasteiger partial charge is 0.377 e. The summed E-state index contributed by atoms with van der Waals surface area (Å²) in [6.07, 6.45) is 10.3. The number of hydrogen-bond acceptors (Lipinski definition) is 5. The summed E-state index contributed by atoms with van der Waals surface area (Å²) in [5.74, 6) is 2.91. The number of hydrogen-bond donors (Lipinski definition) is 0. The summed E-state index contributed by atoms with van der Waals surface area (Å²) < 4.78 is 33.2. The second-order valence-electron chi connectivity index (χ2n) is 7.12. The highest BCUT2D eigenvalue weighted by Crippen LogP contribution is 2.21. The van der Waals surface area contributed by atoms with Crippen molar-refractivity contribution in [3.05, 3.63) is 24.5 Å². The van der Waals surface area contributed by atoms with Crippen LogP contribution in [0.5, 0.6) is 0 Å². The normalized spacial score (nSPS) is 17.7. The lowest BCUT2D eigenvalue weighted by atomic mass is 10.2. The third-order valence-electron chi connectivity index (χ3n) is 4.24. The number of ether oxygens (including phenoxy) is 1. The molecule has 0 radical (unpaired) electrons. The first kappa shape index (κ1) is 20.7. The lowest BCUT2D eigenvalue weighted by Gasteiger charge is -2.20. The molecule has 0 bridgehead atoms. The highest BCUT2D eigenvalue weighted by molar-refractivity contribution is 7.91. The molecule has 1 atom stereocenters. The second kappa shape index (κ2) is 9.36. The van der Waals surface area contributed by atoms with E-state index in [-0.39, 0.29) is 17.0 Å². The molecule has 0 aliphatic carbocycles. The monoisotopic (exact) mass is 379 g/mol. The van der Waals surface area contributed by atoms with Gasteiger partial charge in [0.15, 0.2) is 0 Å². The molecular weight excluding hydrogens is 350 g/mol. The highest BCUT2D eigenvalue weighted by Gasteiger charge is 2.29. The van der Waals surface area contributed by atoms with E-state index in [1.54, 1.807) is 12.3 Å². The standard InChI is InChI=1S/C19H29N3O3S/c1-5-9-21(10-6-2)14-17-12-20-19(22(17)13-16(3)4)26(23,24)15-18-8-7-11-25-18/h1,6,12,16,18H,2,7-11,13-15H2,3-4H3/t18-/m1/s1. The molecule has 1 aliphatic rings. The molecule has 1 fully saturated rings. The topological polar surface area (TPSA) is 64.4 Å². The van der Waals surface area contributed by atoms with Crippen molar-refractivity contribution in [1.29, 1.82) is 0 Å². The van der Waals surface area contributed by atoms with E-state index in [1.807, 2.05) is 9.47 Å². The minimum atomic E-state index is -3.51. The van der Waals surface area contributed by atoms with E-state index in [2.05, 4.69) is 31.3 Å². The van der Waals surface area contributed by atoms with Crippen molar-refractivity contribution < 1.29 is 13.2 Å². The molecule has 1 aromatic rings. The number of sulfone groups is 1. The number of nitrogens with zero attached hydrogens (tertiary/aromatic N) is 3. The average Bonchev–Trinajstić information content (AvgIpc) is 3.18. The van der Waals surface area contributed by atoms with Crippen LogP contribution in [0, 0.1) is 18.3 Å². The van der Waals surface area contributed by atoms with E-state index in [0.29, 0.717) is 38.7 Å². The first-order chi connectivity index (χ1) is 12.4. The average molecular weight is 380 g/mol. The van der Waals surface area contributed by atoms with Crippen LogP contribution >= 0.6 is 0 Å². The van der Waals surface area contributed by atoms with E-state index in [9.17, 15) is 8.42 Å². The molecule has 2 rings (SSSR count). The van der Waals surface area contributed by atoms with Gasteiger partial charge in [0.05, 0.1) is 30.3 Å². The van der Waals surface area contributed by atoms with Gasteiger partial charge < -0.3 is 9.30 Å². The molecule has 1 saturated heterocycles. The number of rotatable bonds is 10. The summed E-state index contributed by atoms with van der Waals surface area (Å²) in [4.78, 5) is 6.30. The van der Waals surface area contributed by atoms with Crippen LogP contribution in [0.15, 0.2) is 24.0 Å². The Morgan fingerprint density at radius 3 is 2.92 bits per heavy atom. The third kappa shape index (κ3) is 5.44. The van der Waals surface area contributed by atoms with Crippen LogP contribution in [0.1, 0.15) is 32.4 Å². The van der Waals surface area contributed by atoms with Gasteiger partial charge in [-0.1, -0.05) is 25.8 Å². The van der Waals surface area contributed by atoms with Crippen molar-refractivity contribution in [3.8, 4) is 12.3 Å². The van der Waals surface area contributed by atoms with Crippen molar-refractivity contribution in [2.24, 2.45) is 5.92 Å². The van der Waals surface area contributed by atoms with E-state index in [4.69, 9.17) is 11.2 Å². The lowest BCUT2D eigenvalue weighted by Crippen LogP contribution is -2.27. The lowest BCUT2D eigenvalue weighted by molar-refractivity contribution is 0.127. The Morgan fingerprint density at radius 1 is 1.58 bits per heavy atom. The predicted octanol–water partition coefficient (Wildman–Crippen LogP) is 2.11. The molecule has 26 heavy (non-hydrogen) atoms. The molecule has 7 heteroatoms. The predicted molar refractivity (Wildman–Crippen MR) is 102 cm³/mol. The summed E-state index contributed by atoms with van der Waals surface area (Å²) in [6.45, 7) is 10.7. The quantitative estimate of drug-likeness (QED) is 0.460. The molecule has 2 heterocycles. The molecular formula is C19H29N3O3S. The van der Waals surface area contributed by atoms with Gasteiger partial charge in [-0.05, 0) is 18.8 Å². The van der Waals surface area contributed by atoms with Gasteiger partial charge in [-0.15, -0.1) is 13.0 Å². The number of imidazole rings is 1. The Bertz CT molecular complexity index is 741. The van der Waals surface area contributed by atoms with Gasteiger partial charge in [0.25, 0.3) is 0 Å². The summed E-state index contributed by atoms with van der Waals surface area (Å²) in [5.41, 5.74) is 0.849. The minimum Gasteiger partial charge on any atom is -0.377 e. The molecule has 0 unspecified atom stereocenters. The fraction of sp³-hybridized carbons (Fsp3) is 0.632. The molecule has 0 saturated carbocycles. The third-order valence-corrected chi connectivity index (χ3v) is 5.94. The van der Waals surface area contributed by atoms with Gasteiger partial charge in [-0.2, -0.15) is 0 Å². The Kier molecular flexibility index (Phi) is 7.44. The Morgan fingerprint density at radius 2 is 2.35 bits per heavy atom. The van der Waals surface area contributed by atoms with Crippen molar-refractivity contribution in [2.45, 2.75) is 51.0 Å². The maximum absolute atomic E-state index is 12.9. The zero-order chi connectivity index (χ0) is 19.2. The highest BCUT2D eigenvalue weighted by atomic mass is 32.2. The second-order valence-corrected chi connectivity index (χ2v) is 9.04. The SMILES string of the molecule is C#CCN(CC=C)Cc1cnc(S(=O)(=O)C[C@H]2CCCO2)n1CC(C)C. The molecule has 0 amide bonds.